The highest BCUT2D eigenvalue weighted by Crippen LogP contribution is 2.17. The Balaban J connectivity index is 4.36. The quantitative estimate of drug-likeness (QED) is 0.0261. The molecule has 0 spiro atoms. The average molecular weight is 1010 g/mol. The van der Waals surface area contributed by atoms with Gasteiger partial charge in [0.05, 0.1) is 0 Å². The molecule has 0 heterocycles. The van der Waals surface area contributed by atoms with E-state index < -0.39 is 6.10 Å². The molecule has 420 valence electrons. The summed E-state index contributed by atoms with van der Waals surface area (Å²) in [5.74, 6) is -0.865. The fourth-order valence-electron chi connectivity index (χ4n) is 9.27. The molecular weight excluding hydrogens is 889 g/mol. The maximum atomic E-state index is 12.9. The Morgan fingerprint density at radius 2 is 0.500 bits per heavy atom. The largest absolute Gasteiger partial charge is 0.462 e. The van der Waals surface area contributed by atoms with E-state index in [9.17, 15) is 14.4 Å². The van der Waals surface area contributed by atoms with Gasteiger partial charge >= 0.3 is 17.9 Å². The predicted molar refractivity (Wildman–Crippen MR) is 312 cm³/mol. The standard InChI is InChI=1S/C66H120O6/c1-4-7-10-13-16-19-22-25-28-31-33-36-38-41-44-47-50-53-56-59-65(68)71-62-63(61-70-64(67)58-55-52-49-46-43-40-37-34-30-27-24-21-18-15-12-9-6-3)72-66(69)60-57-54-51-48-45-42-39-35-32-29-26-23-20-17-14-11-8-5-2/h16,18-19,21,25,27-28,30,63H,4-15,17,20,22-24,26,29,31-62H2,1-3H3/b19-16-,21-18-,28-25-,30-27-. The van der Waals surface area contributed by atoms with Gasteiger partial charge in [-0.25, -0.2) is 0 Å². The zero-order chi connectivity index (χ0) is 52.2. The zero-order valence-electron chi connectivity index (χ0n) is 48.2. The SMILES string of the molecule is CCCCC/C=C\C/C=C\CCCCCCCCCCCC(=O)OCC(COC(=O)CCCCCCCCC/C=C\C/C=C\CCCCC)OC(=O)CCCCCCCCCCCCCCCCCCCC. The van der Waals surface area contributed by atoms with Crippen molar-refractivity contribution in [1.82, 2.24) is 0 Å². The first-order chi connectivity index (χ1) is 35.5. The van der Waals surface area contributed by atoms with Crippen molar-refractivity contribution in [1.29, 1.82) is 0 Å². The number of hydrogen-bond acceptors (Lipinski definition) is 6. The van der Waals surface area contributed by atoms with Crippen LogP contribution in [0.1, 0.15) is 335 Å². The number of allylic oxidation sites excluding steroid dienone is 8. The van der Waals surface area contributed by atoms with Crippen LogP contribution in [0.5, 0.6) is 0 Å². The van der Waals surface area contributed by atoms with Gasteiger partial charge in [0, 0.05) is 19.3 Å². The Morgan fingerprint density at radius 3 is 0.792 bits per heavy atom. The minimum atomic E-state index is -0.777. The van der Waals surface area contributed by atoms with Crippen molar-refractivity contribution in [2.45, 2.75) is 341 Å². The molecule has 0 aromatic carbocycles. The van der Waals surface area contributed by atoms with Crippen LogP contribution < -0.4 is 0 Å². The van der Waals surface area contributed by atoms with Crippen molar-refractivity contribution in [3.63, 3.8) is 0 Å². The third-order valence-electron chi connectivity index (χ3n) is 14.1. The molecule has 0 aromatic rings. The summed E-state index contributed by atoms with van der Waals surface area (Å²) in [4.78, 5) is 38.3. The topological polar surface area (TPSA) is 78.9 Å². The molecule has 0 saturated heterocycles. The van der Waals surface area contributed by atoms with E-state index in [0.717, 1.165) is 77.0 Å². The van der Waals surface area contributed by atoms with Crippen molar-refractivity contribution in [3.8, 4) is 0 Å². The summed E-state index contributed by atoms with van der Waals surface area (Å²) in [6, 6.07) is 0. The molecule has 1 atom stereocenters. The number of unbranched alkanes of at least 4 members (excludes halogenated alkanes) is 39. The summed E-state index contributed by atoms with van der Waals surface area (Å²) < 4.78 is 16.9. The van der Waals surface area contributed by atoms with Crippen molar-refractivity contribution < 1.29 is 28.6 Å². The van der Waals surface area contributed by atoms with E-state index in [1.54, 1.807) is 0 Å². The second-order valence-electron chi connectivity index (χ2n) is 21.3. The van der Waals surface area contributed by atoms with Gasteiger partial charge in [0.2, 0.25) is 0 Å². The first-order valence-corrected chi connectivity index (χ1v) is 31.6. The van der Waals surface area contributed by atoms with E-state index in [2.05, 4.69) is 69.4 Å². The van der Waals surface area contributed by atoms with Crippen molar-refractivity contribution >= 4 is 17.9 Å². The van der Waals surface area contributed by atoms with Gasteiger partial charge in [-0.05, 0) is 83.5 Å². The van der Waals surface area contributed by atoms with Crippen molar-refractivity contribution in [2.24, 2.45) is 0 Å². The van der Waals surface area contributed by atoms with Crippen molar-refractivity contribution in [3.05, 3.63) is 48.6 Å². The van der Waals surface area contributed by atoms with Crippen LogP contribution in [0.25, 0.3) is 0 Å². The summed E-state index contributed by atoms with van der Waals surface area (Å²) in [5.41, 5.74) is 0. The summed E-state index contributed by atoms with van der Waals surface area (Å²) in [6.45, 7) is 6.63. The van der Waals surface area contributed by atoms with E-state index in [1.165, 1.54) is 218 Å². The number of rotatable bonds is 58. The van der Waals surface area contributed by atoms with Crippen LogP contribution in [0.2, 0.25) is 0 Å². The normalized spacial score (nSPS) is 12.3. The summed E-state index contributed by atoms with van der Waals surface area (Å²) in [5, 5.41) is 0. The number of hydrogen-bond donors (Lipinski definition) is 0. The van der Waals surface area contributed by atoms with E-state index >= 15 is 0 Å². The molecule has 0 radical (unpaired) electrons. The fourth-order valence-corrected chi connectivity index (χ4v) is 9.27. The second-order valence-corrected chi connectivity index (χ2v) is 21.3. The summed E-state index contributed by atoms with van der Waals surface area (Å²) in [6.07, 6.45) is 75.3. The Labute approximate surface area is 448 Å². The van der Waals surface area contributed by atoms with Crippen molar-refractivity contribution in [2.75, 3.05) is 13.2 Å². The lowest BCUT2D eigenvalue weighted by Crippen LogP contribution is -2.30. The zero-order valence-corrected chi connectivity index (χ0v) is 48.2. The highest BCUT2D eigenvalue weighted by atomic mass is 16.6. The molecular formula is C66H120O6. The van der Waals surface area contributed by atoms with Gasteiger partial charge in [-0.2, -0.15) is 0 Å². The van der Waals surface area contributed by atoms with Crippen LogP contribution in [0.15, 0.2) is 48.6 Å². The first kappa shape index (κ1) is 69.4. The van der Waals surface area contributed by atoms with Crippen LogP contribution >= 0.6 is 0 Å². The maximum absolute atomic E-state index is 12.9. The molecule has 0 rings (SSSR count). The molecule has 0 amide bonds. The van der Waals surface area contributed by atoms with Crippen LogP contribution in [-0.2, 0) is 28.6 Å². The molecule has 72 heavy (non-hydrogen) atoms. The molecule has 0 bridgehead atoms. The molecule has 6 nitrogen and oxygen atoms in total. The lowest BCUT2D eigenvalue weighted by atomic mass is 10.0. The molecule has 0 aliphatic rings. The van der Waals surface area contributed by atoms with Crippen LogP contribution in [0.4, 0.5) is 0 Å². The van der Waals surface area contributed by atoms with Gasteiger partial charge in [0.1, 0.15) is 13.2 Å². The highest BCUT2D eigenvalue weighted by molar-refractivity contribution is 5.71. The van der Waals surface area contributed by atoms with Crippen LogP contribution in [0, 0.1) is 0 Å². The fraction of sp³-hybridized carbons (Fsp3) is 0.833. The lowest BCUT2D eigenvalue weighted by Gasteiger charge is -2.18. The molecule has 0 N–H and O–H groups in total. The predicted octanol–water partition coefficient (Wildman–Crippen LogP) is 21.4. The molecule has 0 aromatic heterocycles. The molecule has 0 aliphatic carbocycles. The molecule has 6 heteroatoms. The number of carbonyl (C=O) groups excluding carboxylic acids is 3. The Bertz CT molecular complexity index is 1250. The molecule has 1 unspecified atom stereocenters. The second kappa shape index (κ2) is 60.9. The Hall–Kier alpha value is -2.63. The Kier molecular flexibility index (Phi) is 58.7. The maximum Gasteiger partial charge on any atom is 0.306 e. The van der Waals surface area contributed by atoms with E-state index in [-0.39, 0.29) is 31.1 Å². The average Bonchev–Trinajstić information content (AvgIpc) is 3.38. The minimum absolute atomic E-state index is 0.0745. The van der Waals surface area contributed by atoms with Gasteiger partial charge in [-0.3, -0.25) is 14.4 Å². The molecule has 0 fully saturated rings. The van der Waals surface area contributed by atoms with Gasteiger partial charge in [-0.15, -0.1) is 0 Å². The minimum Gasteiger partial charge on any atom is -0.462 e. The third-order valence-corrected chi connectivity index (χ3v) is 14.1. The summed E-state index contributed by atoms with van der Waals surface area (Å²) in [7, 11) is 0. The number of ether oxygens (including phenoxy) is 3. The van der Waals surface area contributed by atoms with Crippen LogP contribution in [0.3, 0.4) is 0 Å². The Morgan fingerprint density at radius 1 is 0.278 bits per heavy atom. The monoisotopic (exact) mass is 1010 g/mol. The highest BCUT2D eigenvalue weighted by Gasteiger charge is 2.19. The van der Waals surface area contributed by atoms with Gasteiger partial charge < -0.3 is 14.2 Å². The summed E-state index contributed by atoms with van der Waals surface area (Å²) >= 11 is 0. The van der Waals surface area contributed by atoms with E-state index in [0.29, 0.717) is 19.3 Å². The van der Waals surface area contributed by atoms with E-state index in [4.69, 9.17) is 14.2 Å². The van der Waals surface area contributed by atoms with Gasteiger partial charge in [0.15, 0.2) is 6.10 Å². The van der Waals surface area contributed by atoms with Crippen LogP contribution in [-0.4, -0.2) is 37.2 Å². The third kappa shape index (κ3) is 58.3. The van der Waals surface area contributed by atoms with Gasteiger partial charge in [-0.1, -0.05) is 281 Å². The lowest BCUT2D eigenvalue weighted by molar-refractivity contribution is -0.167. The number of esters is 3. The first-order valence-electron chi connectivity index (χ1n) is 31.6. The van der Waals surface area contributed by atoms with Gasteiger partial charge in [0.25, 0.3) is 0 Å². The smallest absolute Gasteiger partial charge is 0.306 e. The molecule has 0 aliphatic heterocycles. The van der Waals surface area contributed by atoms with E-state index in [1.807, 2.05) is 0 Å². The molecule has 0 saturated carbocycles. The number of carbonyl (C=O) groups is 3.